The molecule has 1 atom stereocenters. The number of benzene rings is 1. The number of ether oxygens (including phenoxy) is 1. The van der Waals surface area contributed by atoms with E-state index in [0.717, 1.165) is 53.0 Å². The molecule has 1 unspecified atom stereocenters. The third kappa shape index (κ3) is 5.98. The zero-order valence-corrected chi connectivity index (χ0v) is 24.0. The topological polar surface area (TPSA) is 106 Å². The number of pyridine rings is 2. The largest absolute Gasteiger partial charge is 0.492 e. The minimum Gasteiger partial charge on any atom is -0.492 e. The fourth-order valence-corrected chi connectivity index (χ4v) is 5.15. The summed E-state index contributed by atoms with van der Waals surface area (Å²) in [4.78, 5) is 27.3. The molecule has 0 radical (unpaired) electrons. The second-order valence-corrected chi connectivity index (χ2v) is 10.2. The lowest BCUT2D eigenvalue weighted by atomic mass is 9.86. The van der Waals surface area contributed by atoms with Crippen LogP contribution in [0.3, 0.4) is 0 Å². The molecular weight excluding hydrogens is 500 g/mol. The van der Waals surface area contributed by atoms with Gasteiger partial charge in [-0.3, -0.25) is 14.8 Å². The molecule has 0 bridgehead atoms. The van der Waals surface area contributed by atoms with Crippen molar-refractivity contribution in [3.05, 3.63) is 75.9 Å². The van der Waals surface area contributed by atoms with E-state index in [1.165, 1.54) is 6.20 Å². The van der Waals surface area contributed by atoms with E-state index in [1.54, 1.807) is 12.3 Å². The third-order valence-electron chi connectivity index (χ3n) is 7.65. The van der Waals surface area contributed by atoms with Gasteiger partial charge in [0.25, 0.3) is 5.91 Å². The van der Waals surface area contributed by atoms with Gasteiger partial charge < -0.3 is 14.5 Å². The van der Waals surface area contributed by atoms with Crippen molar-refractivity contribution in [3.8, 4) is 29.0 Å². The number of rotatable bonds is 10. The fraction of sp³-hybridized carbons (Fsp3) is 0.406. The molecule has 3 heterocycles. The number of carbonyl (C=O) groups excluding carboxylic acids is 1. The van der Waals surface area contributed by atoms with E-state index in [4.69, 9.17) is 4.74 Å². The highest BCUT2D eigenvalue weighted by Gasteiger charge is 2.32. The molecule has 2 aromatic heterocycles. The lowest BCUT2D eigenvalue weighted by Gasteiger charge is -2.35. The Morgan fingerprint density at radius 2 is 1.82 bits per heavy atom. The van der Waals surface area contributed by atoms with Gasteiger partial charge >= 0.3 is 0 Å². The molecule has 0 N–H and O–H groups in total. The number of amides is 1. The molecule has 8 nitrogen and oxygen atoms in total. The molecule has 0 saturated carbocycles. The van der Waals surface area contributed by atoms with E-state index in [2.05, 4.69) is 47.0 Å². The molecule has 206 valence electrons. The summed E-state index contributed by atoms with van der Waals surface area (Å²) in [5.41, 5.74) is 7.61. The van der Waals surface area contributed by atoms with Crippen LogP contribution in [0.5, 0.6) is 5.75 Å². The van der Waals surface area contributed by atoms with Gasteiger partial charge in [0.05, 0.1) is 30.8 Å². The summed E-state index contributed by atoms with van der Waals surface area (Å²) in [7, 11) is 2.09. The summed E-state index contributed by atoms with van der Waals surface area (Å²) in [6, 6.07) is 12.1. The summed E-state index contributed by atoms with van der Waals surface area (Å²) in [5, 5.41) is 18.7. The molecule has 4 rings (SSSR count). The van der Waals surface area contributed by atoms with Crippen LogP contribution in [0.2, 0.25) is 0 Å². The van der Waals surface area contributed by atoms with Gasteiger partial charge in [-0.2, -0.15) is 10.5 Å². The number of carbonyl (C=O) groups is 1. The van der Waals surface area contributed by atoms with Crippen LogP contribution in [-0.2, 0) is 19.3 Å². The Balaban J connectivity index is 1.77. The van der Waals surface area contributed by atoms with Gasteiger partial charge in [0.15, 0.2) is 0 Å². The summed E-state index contributed by atoms with van der Waals surface area (Å²) < 4.78 is 5.67. The minimum absolute atomic E-state index is 0.0383. The number of hydrogen-bond acceptors (Lipinski definition) is 7. The van der Waals surface area contributed by atoms with Gasteiger partial charge in [-0.25, -0.2) is 0 Å². The molecule has 0 spiro atoms. The van der Waals surface area contributed by atoms with Gasteiger partial charge in [-0.05, 0) is 81.6 Å². The SMILES string of the molecule is CCOc1cc(C(C)N2CCc3c(cc(CCN(C)CC)cc3-c3cc(CC#N)cnc3C)C2=O)ncc1C#N. The smallest absolute Gasteiger partial charge is 0.254 e. The molecule has 1 aromatic carbocycles. The average Bonchev–Trinajstić information content (AvgIpc) is 2.97. The Labute approximate surface area is 236 Å². The molecule has 3 aromatic rings. The molecular formula is C32H36N6O2. The monoisotopic (exact) mass is 536 g/mol. The maximum Gasteiger partial charge on any atom is 0.254 e. The predicted molar refractivity (Wildman–Crippen MR) is 154 cm³/mol. The zero-order valence-electron chi connectivity index (χ0n) is 24.0. The van der Waals surface area contributed by atoms with Crippen molar-refractivity contribution in [1.82, 2.24) is 19.8 Å². The predicted octanol–water partition coefficient (Wildman–Crippen LogP) is 5.04. The number of hydrogen-bond donors (Lipinski definition) is 0. The van der Waals surface area contributed by atoms with Crippen molar-refractivity contribution >= 4 is 5.91 Å². The van der Waals surface area contributed by atoms with Gasteiger partial charge in [0.1, 0.15) is 17.4 Å². The normalized spacial score (nSPS) is 13.5. The van der Waals surface area contributed by atoms with E-state index in [-0.39, 0.29) is 18.4 Å². The van der Waals surface area contributed by atoms with Crippen LogP contribution in [0.25, 0.3) is 11.1 Å². The van der Waals surface area contributed by atoms with Gasteiger partial charge in [-0.15, -0.1) is 0 Å². The summed E-state index contributed by atoms with van der Waals surface area (Å²) >= 11 is 0. The molecule has 8 heteroatoms. The van der Waals surface area contributed by atoms with Crippen molar-refractivity contribution in [2.24, 2.45) is 0 Å². The van der Waals surface area contributed by atoms with Crippen LogP contribution in [0, 0.1) is 29.6 Å². The quantitative estimate of drug-likeness (QED) is 0.357. The van der Waals surface area contributed by atoms with Gasteiger partial charge in [0.2, 0.25) is 0 Å². The summed E-state index contributed by atoms with van der Waals surface area (Å²) in [6.07, 6.45) is 5.06. The Morgan fingerprint density at radius 1 is 1.07 bits per heavy atom. The number of aromatic nitrogens is 2. The number of nitrogens with zero attached hydrogens (tertiary/aromatic N) is 6. The zero-order chi connectivity index (χ0) is 28.8. The van der Waals surface area contributed by atoms with Crippen LogP contribution in [0.1, 0.15) is 70.8 Å². The van der Waals surface area contributed by atoms with Crippen molar-refractivity contribution in [2.75, 3.05) is 33.3 Å². The third-order valence-corrected chi connectivity index (χ3v) is 7.65. The van der Waals surface area contributed by atoms with Crippen LogP contribution in [0.4, 0.5) is 0 Å². The summed E-state index contributed by atoms with van der Waals surface area (Å²) in [6.45, 7) is 10.7. The highest BCUT2D eigenvalue weighted by molar-refractivity contribution is 5.99. The number of fused-ring (bicyclic) bond motifs is 1. The van der Waals surface area contributed by atoms with E-state index >= 15 is 0 Å². The standard InChI is InChI=1S/C32H36N6O2/c1-6-37(5)12-9-23-14-28(27-16-24(8-11-33)19-35-21(27)3)26-10-13-38(32(39)29(26)15-23)22(4)30-17-31(40-7-2)25(18-34)20-36-30/h14-17,19-20,22H,6-10,12-13H2,1-5H3. The first-order valence-electron chi connectivity index (χ1n) is 13.8. The van der Waals surface area contributed by atoms with Crippen LogP contribution >= 0.6 is 0 Å². The molecule has 0 aliphatic carbocycles. The molecule has 40 heavy (non-hydrogen) atoms. The van der Waals surface area contributed by atoms with Crippen LogP contribution < -0.4 is 4.74 Å². The van der Waals surface area contributed by atoms with Crippen molar-refractivity contribution in [1.29, 1.82) is 10.5 Å². The Hall–Kier alpha value is -4.27. The van der Waals surface area contributed by atoms with Crippen molar-refractivity contribution in [3.63, 3.8) is 0 Å². The highest BCUT2D eigenvalue weighted by Crippen LogP contribution is 2.36. The molecule has 1 aliphatic heterocycles. The molecule has 0 fully saturated rings. The second-order valence-electron chi connectivity index (χ2n) is 10.2. The Kier molecular flexibility index (Phi) is 9.14. The van der Waals surface area contributed by atoms with Gasteiger partial charge in [-0.1, -0.05) is 13.0 Å². The maximum absolute atomic E-state index is 14.1. The number of nitriles is 2. The second kappa shape index (κ2) is 12.7. The maximum atomic E-state index is 14.1. The van der Waals surface area contributed by atoms with E-state index < -0.39 is 0 Å². The molecule has 1 aliphatic rings. The average molecular weight is 537 g/mol. The van der Waals surface area contributed by atoms with Gasteiger partial charge in [0, 0.05) is 48.4 Å². The fourth-order valence-electron chi connectivity index (χ4n) is 5.15. The highest BCUT2D eigenvalue weighted by atomic mass is 16.5. The number of likely N-dealkylation sites (N-methyl/N-ethyl adjacent to an activating group) is 1. The van der Waals surface area contributed by atoms with Crippen molar-refractivity contribution in [2.45, 2.75) is 53.0 Å². The number of aryl methyl sites for hydroxylation is 1. The first-order chi connectivity index (χ1) is 19.3. The Morgan fingerprint density at radius 3 is 2.52 bits per heavy atom. The Bertz CT molecular complexity index is 1490. The van der Waals surface area contributed by atoms with Crippen molar-refractivity contribution < 1.29 is 9.53 Å². The molecule has 1 amide bonds. The van der Waals surface area contributed by atoms with E-state index in [0.29, 0.717) is 42.1 Å². The first kappa shape index (κ1) is 28.7. The van der Waals surface area contributed by atoms with Crippen LogP contribution in [-0.4, -0.2) is 59.0 Å². The molecule has 0 saturated heterocycles. The first-order valence-corrected chi connectivity index (χ1v) is 13.8. The van der Waals surface area contributed by atoms with E-state index in [9.17, 15) is 15.3 Å². The lowest BCUT2D eigenvalue weighted by molar-refractivity contribution is 0.0669. The van der Waals surface area contributed by atoms with Crippen LogP contribution in [0.15, 0.2) is 36.7 Å². The minimum atomic E-state index is -0.298. The lowest BCUT2D eigenvalue weighted by Crippen LogP contribution is -2.40. The van der Waals surface area contributed by atoms with E-state index in [1.807, 2.05) is 37.8 Å². The summed E-state index contributed by atoms with van der Waals surface area (Å²) in [5.74, 6) is 0.445.